The standard InChI is InChI=1S/C11H19F3N2O3/c1-3-8(2)16(7-9(17)18)10(19)15-6-4-5-11(12,13)14/h8H,3-7H2,1-2H3,(H,15,19)(H,17,18). The van der Waals surface area contributed by atoms with Crippen molar-refractivity contribution in [2.24, 2.45) is 0 Å². The lowest BCUT2D eigenvalue weighted by molar-refractivity contribution is -0.138. The first-order valence-electron chi connectivity index (χ1n) is 6.00. The number of nitrogens with zero attached hydrogens (tertiary/aromatic N) is 1. The SMILES string of the molecule is CCC(C)N(CC(=O)O)C(=O)NCCCC(F)(F)F. The van der Waals surface area contributed by atoms with E-state index in [4.69, 9.17) is 5.11 Å². The van der Waals surface area contributed by atoms with Crippen molar-refractivity contribution in [1.82, 2.24) is 10.2 Å². The average Bonchev–Trinajstić information content (AvgIpc) is 2.29. The number of nitrogens with one attached hydrogen (secondary N) is 1. The normalized spacial score (nSPS) is 12.9. The van der Waals surface area contributed by atoms with E-state index in [1.165, 1.54) is 0 Å². The molecule has 1 atom stereocenters. The van der Waals surface area contributed by atoms with E-state index in [2.05, 4.69) is 5.32 Å². The van der Waals surface area contributed by atoms with Crippen LogP contribution in [0.25, 0.3) is 0 Å². The first-order chi connectivity index (χ1) is 8.67. The number of rotatable bonds is 7. The minimum Gasteiger partial charge on any atom is -0.480 e. The van der Waals surface area contributed by atoms with Gasteiger partial charge in [0.2, 0.25) is 0 Å². The van der Waals surface area contributed by atoms with Gasteiger partial charge < -0.3 is 15.3 Å². The largest absolute Gasteiger partial charge is 0.480 e. The van der Waals surface area contributed by atoms with Gasteiger partial charge in [-0.3, -0.25) is 4.79 Å². The van der Waals surface area contributed by atoms with Gasteiger partial charge in [0.25, 0.3) is 0 Å². The molecule has 1 unspecified atom stereocenters. The Morgan fingerprint density at radius 3 is 2.37 bits per heavy atom. The molecular formula is C11H19F3N2O3. The molecule has 0 heterocycles. The van der Waals surface area contributed by atoms with Gasteiger partial charge in [-0.2, -0.15) is 13.2 Å². The Morgan fingerprint density at radius 2 is 1.95 bits per heavy atom. The molecule has 2 amide bonds. The molecule has 19 heavy (non-hydrogen) atoms. The Hall–Kier alpha value is -1.47. The lowest BCUT2D eigenvalue weighted by Crippen LogP contribution is -2.47. The maximum atomic E-state index is 11.9. The topological polar surface area (TPSA) is 69.6 Å². The molecule has 0 bridgehead atoms. The van der Waals surface area contributed by atoms with Crippen LogP contribution < -0.4 is 5.32 Å². The number of amides is 2. The predicted molar refractivity (Wildman–Crippen MR) is 62.8 cm³/mol. The van der Waals surface area contributed by atoms with Crippen molar-refractivity contribution in [1.29, 1.82) is 0 Å². The fourth-order valence-corrected chi connectivity index (χ4v) is 1.38. The third kappa shape index (κ3) is 8.28. The number of aliphatic carboxylic acids is 1. The van der Waals surface area contributed by atoms with E-state index in [1.54, 1.807) is 13.8 Å². The van der Waals surface area contributed by atoms with E-state index in [0.29, 0.717) is 6.42 Å². The molecule has 0 aliphatic heterocycles. The summed E-state index contributed by atoms with van der Waals surface area (Å²) < 4.78 is 35.7. The second-order valence-electron chi connectivity index (χ2n) is 4.23. The molecule has 5 nitrogen and oxygen atoms in total. The zero-order chi connectivity index (χ0) is 15.1. The van der Waals surface area contributed by atoms with Crippen LogP contribution in [0.15, 0.2) is 0 Å². The Bertz CT molecular complexity index is 308. The number of hydrogen-bond acceptors (Lipinski definition) is 2. The minimum absolute atomic E-state index is 0.134. The molecule has 0 aromatic rings. The van der Waals surface area contributed by atoms with Crippen LogP contribution in [0, 0.1) is 0 Å². The van der Waals surface area contributed by atoms with Crippen LogP contribution in [0.2, 0.25) is 0 Å². The lowest BCUT2D eigenvalue weighted by atomic mass is 10.2. The predicted octanol–water partition coefficient (Wildman–Crippen LogP) is 2.22. The summed E-state index contributed by atoms with van der Waals surface area (Å²) >= 11 is 0. The zero-order valence-corrected chi connectivity index (χ0v) is 11.0. The molecule has 0 rings (SSSR count). The average molecular weight is 284 g/mol. The van der Waals surface area contributed by atoms with Crippen LogP contribution >= 0.6 is 0 Å². The molecule has 0 saturated carbocycles. The van der Waals surface area contributed by atoms with Gasteiger partial charge in [-0.25, -0.2) is 4.79 Å². The van der Waals surface area contributed by atoms with E-state index < -0.39 is 31.1 Å². The molecule has 0 fully saturated rings. The maximum absolute atomic E-state index is 11.9. The smallest absolute Gasteiger partial charge is 0.389 e. The monoisotopic (exact) mass is 284 g/mol. The number of carbonyl (C=O) groups excluding carboxylic acids is 1. The third-order valence-electron chi connectivity index (χ3n) is 2.60. The Kier molecular flexibility index (Phi) is 7.25. The van der Waals surface area contributed by atoms with Crippen molar-refractivity contribution >= 4 is 12.0 Å². The van der Waals surface area contributed by atoms with Gasteiger partial charge in [0.15, 0.2) is 0 Å². The highest BCUT2D eigenvalue weighted by Crippen LogP contribution is 2.20. The summed E-state index contributed by atoms with van der Waals surface area (Å²) in [5, 5.41) is 11.0. The van der Waals surface area contributed by atoms with E-state index in [0.717, 1.165) is 4.90 Å². The maximum Gasteiger partial charge on any atom is 0.389 e. The Balaban J connectivity index is 4.22. The second kappa shape index (κ2) is 7.85. The first kappa shape index (κ1) is 17.5. The van der Waals surface area contributed by atoms with Crippen LogP contribution in [0.1, 0.15) is 33.1 Å². The number of alkyl halides is 3. The number of carbonyl (C=O) groups is 2. The van der Waals surface area contributed by atoms with Crippen LogP contribution in [0.4, 0.5) is 18.0 Å². The van der Waals surface area contributed by atoms with Crippen molar-refractivity contribution in [3.63, 3.8) is 0 Å². The van der Waals surface area contributed by atoms with Crippen molar-refractivity contribution in [2.45, 2.75) is 45.3 Å². The van der Waals surface area contributed by atoms with Crippen molar-refractivity contribution in [3.05, 3.63) is 0 Å². The van der Waals surface area contributed by atoms with E-state index in [-0.39, 0.29) is 19.0 Å². The van der Waals surface area contributed by atoms with Crippen LogP contribution in [0.5, 0.6) is 0 Å². The van der Waals surface area contributed by atoms with Crippen LogP contribution in [-0.4, -0.2) is 47.3 Å². The molecule has 0 saturated heterocycles. The fourth-order valence-electron chi connectivity index (χ4n) is 1.38. The molecule has 0 radical (unpaired) electrons. The summed E-state index contributed by atoms with van der Waals surface area (Å²) in [6.45, 7) is 2.86. The summed E-state index contributed by atoms with van der Waals surface area (Å²) in [6, 6.07) is -0.947. The Morgan fingerprint density at radius 1 is 1.37 bits per heavy atom. The summed E-state index contributed by atoms with van der Waals surface area (Å²) in [6.07, 6.45) is -4.89. The van der Waals surface area contributed by atoms with Crippen LogP contribution in [-0.2, 0) is 4.79 Å². The van der Waals surface area contributed by atoms with Gasteiger partial charge in [0.05, 0.1) is 0 Å². The van der Waals surface area contributed by atoms with Crippen molar-refractivity contribution in [2.75, 3.05) is 13.1 Å². The van der Waals surface area contributed by atoms with E-state index >= 15 is 0 Å². The lowest BCUT2D eigenvalue weighted by Gasteiger charge is -2.27. The van der Waals surface area contributed by atoms with Gasteiger partial charge >= 0.3 is 18.2 Å². The highest BCUT2D eigenvalue weighted by atomic mass is 19.4. The summed E-state index contributed by atoms with van der Waals surface area (Å²) in [5.41, 5.74) is 0. The molecule has 0 aliphatic rings. The summed E-state index contributed by atoms with van der Waals surface area (Å²) in [5.74, 6) is -1.16. The fraction of sp³-hybridized carbons (Fsp3) is 0.818. The molecule has 2 N–H and O–H groups in total. The summed E-state index contributed by atoms with van der Waals surface area (Å²) in [4.78, 5) is 23.4. The molecule has 112 valence electrons. The second-order valence-corrected chi connectivity index (χ2v) is 4.23. The van der Waals surface area contributed by atoms with Crippen molar-refractivity contribution < 1.29 is 27.9 Å². The van der Waals surface area contributed by atoms with Gasteiger partial charge in [-0.1, -0.05) is 6.92 Å². The number of carboxylic acids is 1. The zero-order valence-electron chi connectivity index (χ0n) is 11.0. The number of hydrogen-bond donors (Lipinski definition) is 2. The van der Waals surface area contributed by atoms with Gasteiger partial charge in [0, 0.05) is 19.0 Å². The quantitative estimate of drug-likeness (QED) is 0.704. The highest BCUT2D eigenvalue weighted by Gasteiger charge is 2.26. The molecule has 0 spiro atoms. The molecule has 0 aliphatic carbocycles. The van der Waals surface area contributed by atoms with Crippen molar-refractivity contribution in [3.8, 4) is 0 Å². The molecule has 8 heteroatoms. The molecule has 0 aromatic heterocycles. The first-order valence-corrected chi connectivity index (χ1v) is 6.00. The van der Waals surface area contributed by atoms with Gasteiger partial charge in [-0.05, 0) is 19.8 Å². The van der Waals surface area contributed by atoms with Gasteiger partial charge in [-0.15, -0.1) is 0 Å². The third-order valence-corrected chi connectivity index (χ3v) is 2.60. The molecule has 0 aromatic carbocycles. The number of carboxylic acid groups (broad SMARTS) is 1. The Labute approximate surface area is 109 Å². The highest BCUT2D eigenvalue weighted by molar-refractivity contribution is 5.80. The molecular weight excluding hydrogens is 265 g/mol. The van der Waals surface area contributed by atoms with Gasteiger partial charge in [0.1, 0.15) is 6.54 Å². The van der Waals surface area contributed by atoms with E-state index in [9.17, 15) is 22.8 Å². The van der Waals surface area contributed by atoms with E-state index in [1.807, 2.05) is 0 Å². The number of urea groups is 1. The minimum atomic E-state index is -4.25. The number of halogens is 3. The summed E-state index contributed by atoms with van der Waals surface area (Å²) in [7, 11) is 0. The van der Waals surface area contributed by atoms with Crippen LogP contribution in [0.3, 0.4) is 0 Å².